The Hall–Kier alpha value is -0.590. The fourth-order valence-corrected chi connectivity index (χ4v) is 8.66. The monoisotopic (exact) mass is 384 g/mol. The second-order valence-corrected chi connectivity index (χ2v) is 12.1. The first kappa shape index (κ1) is 20.7. The molecule has 1 heteroatoms. The summed E-state index contributed by atoms with van der Waals surface area (Å²) in [6.45, 7) is 12.5. The van der Waals surface area contributed by atoms with Gasteiger partial charge in [-0.3, -0.25) is 4.79 Å². The van der Waals surface area contributed by atoms with Gasteiger partial charge in [0, 0.05) is 6.42 Å². The maximum absolute atomic E-state index is 12.0. The second kappa shape index (κ2) is 7.59. The van der Waals surface area contributed by atoms with Crippen LogP contribution in [0.25, 0.3) is 0 Å². The van der Waals surface area contributed by atoms with Gasteiger partial charge in [0.1, 0.15) is 0 Å². The lowest BCUT2D eigenvalue weighted by molar-refractivity contribution is -0.122. The molecule has 0 radical (unpaired) electrons. The average molecular weight is 385 g/mol. The predicted octanol–water partition coefficient (Wildman–Crippen LogP) is 7.45. The average Bonchev–Trinajstić information content (AvgIpc) is 2.99. The molecule has 28 heavy (non-hydrogen) atoms. The summed E-state index contributed by atoms with van der Waals surface area (Å²) in [6.07, 6.45) is 17.8. The molecule has 8 atom stereocenters. The standard InChI is InChI=1S/C27H44O/c1-18(2)7-6-8-19(3)23-11-12-24-22-10-9-20-17-21(28)13-15-26(20,4)25(22)14-16-27(23,24)5/h13,15,18-20,22-25H,6-12,14,16-17H2,1-5H3/t19-,20?,22+,23-,24+,25+,26+,27-/m1/s1. The van der Waals surface area contributed by atoms with Crippen molar-refractivity contribution in [3.05, 3.63) is 12.2 Å². The van der Waals surface area contributed by atoms with Gasteiger partial charge >= 0.3 is 0 Å². The minimum absolute atomic E-state index is 0.291. The first-order chi connectivity index (χ1) is 13.3. The van der Waals surface area contributed by atoms with Gasteiger partial charge in [-0.2, -0.15) is 0 Å². The van der Waals surface area contributed by atoms with Crippen molar-refractivity contribution in [2.24, 2.45) is 52.3 Å². The van der Waals surface area contributed by atoms with E-state index in [4.69, 9.17) is 0 Å². The third kappa shape index (κ3) is 3.33. The van der Waals surface area contributed by atoms with Crippen molar-refractivity contribution in [1.29, 1.82) is 0 Å². The Kier molecular flexibility index (Phi) is 5.60. The van der Waals surface area contributed by atoms with Crippen LogP contribution >= 0.6 is 0 Å². The molecule has 0 aliphatic heterocycles. The lowest BCUT2D eigenvalue weighted by atomic mass is 9.45. The van der Waals surface area contributed by atoms with Crippen LogP contribution in [0.3, 0.4) is 0 Å². The quantitative estimate of drug-likeness (QED) is 0.481. The Balaban J connectivity index is 1.49. The van der Waals surface area contributed by atoms with Crippen LogP contribution in [0, 0.1) is 52.3 Å². The van der Waals surface area contributed by atoms with Crippen LogP contribution in [0.5, 0.6) is 0 Å². The van der Waals surface area contributed by atoms with Crippen molar-refractivity contribution in [3.8, 4) is 0 Å². The van der Waals surface area contributed by atoms with Crippen molar-refractivity contribution >= 4 is 5.78 Å². The largest absolute Gasteiger partial charge is 0.295 e. The summed E-state index contributed by atoms with van der Waals surface area (Å²) < 4.78 is 0. The number of hydrogen-bond donors (Lipinski definition) is 0. The Morgan fingerprint density at radius 2 is 1.79 bits per heavy atom. The highest BCUT2D eigenvalue weighted by Crippen LogP contribution is 2.67. The molecule has 0 spiro atoms. The number of carbonyl (C=O) groups excluding carboxylic acids is 1. The van der Waals surface area contributed by atoms with Gasteiger partial charge in [0.15, 0.2) is 5.78 Å². The molecule has 3 saturated carbocycles. The number of fused-ring (bicyclic) bond motifs is 5. The highest BCUT2D eigenvalue weighted by atomic mass is 16.1. The zero-order valence-corrected chi connectivity index (χ0v) is 19.2. The molecule has 4 aliphatic carbocycles. The summed E-state index contributed by atoms with van der Waals surface area (Å²) in [4.78, 5) is 12.0. The van der Waals surface area contributed by atoms with Gasteiger partial charge < -0.3 is 0 Å². The predicted molar refractivity (Wildman–Crippen MR) is 118 cm³/mol. The summed E-state index contributed by atoms with van der Waals surface area (Å²) in [5, 5.41) is 0. The molecule has 4 rings (SSSR count). The molecular weight excluding hydrogens is 340 g/mol. The van der Waals surface area contributed by atoms with Crippen LogP contribution < -0.4 is 0 Å². The van der Waals surface area contributed by atoms with Crippen LogP contribution in [-0.2, 0) is 4.79 Å². The Morgan fingerprint density at radius 1 is 1.00 bits per heavy atom. The third-order valence-electron chi connectivity index (χ3n) is 10.2. The van der Waals surface area contributed by atoms with Crippen molar-refractivity contribution in [2.45, 2.75) is 98.8 Å². The molecule has 0 amide bonds. The molecule has 0 bridgehead atoms. The molecule has 0 aromatic carbocycles. The fraction of sp³-hybridized carbons (Fsp3) is 0.889. The molecule has 3 fully saturated rings. The van der Waals surface area contributed by atoms with Gasteiger partial charge in [-0.15, -0.1) is 0 Å². The van der Waals surface area contributed by atoms with Gasteiger partial charge in [0.25, 0.3) is 0 Å². The van der Waals surface area contributed by atoms with Crippen LogP contribution in [0.15, 0.2) is 12.2 Å². The number of carbonyl (C=O) groups is 1. The topological polar surface area (TPSA) is 17.1 Å². The third-order valence-corrected chi connectivity index (χ3v) is 10.2. The summed E-state index contributed by atoms with van der Waals surface area (Å²) in [5.41, 5.74) is 0.870. The van der Waals surface area contributed by atoms with Crippen LogP contribution in [0.2, 0.25) is 0 Å². The van der Waals surface area contributed by atoms with Crippen molar-refractivity contribution in [3.63, 3.8) is 0 Å². The normalized spacial score (nSPS) is 46.2. The minimum Gasteiger partial charge on any atom is -0.295 e. The minimum atomic E-state index is 0.291. The van der Waals surface area contributed by atoms with E-state index in [1.807, 2.05) is 6.08 Å². The molecule has 0 N–H and O–H groups in total. The molecule has 1 unspecified atom stereocenters. The van der Waals surface area contributed by atoms with Crippen LogP contribution in [0.1, 0.15) is 98.8 Å². The SMILES string of the molecule is CC(C)CCC[C@@H](C)[C@H]1CC[C@H]2[C@@H]3CCC4CC(=O)C=C[C@]4(C)[C@H]3CC[C@]12C. The molecule has 158 valence electrons. The smallest absolute Gasteiger partial charge is 0.155 e. The van der Waals surface area contributed by atoms with Crippen LogP contribution in [0.4, 0.5) is 0 Å². The van der Waals surface area contributed by atoms with Crippen molar-refractivity contribution in [2.75, 3.05) is 0 Å². The van der Waals surface area contributed by atoms with E-state index in [2.05, 4.69) is 40.7 Å². The lowest BCUT2D eigenvalue weighted by Crippen LogP contribution is -2.52. The molecule has 0 heterocycles. The number of hydrogen-bond acceptors (Lipinski definition) is 1. The van der Waals surface area contributed by atoms with Crippen LogP contribution in [-0.4, -0.2) is 5.78 Å². The van der Waals surface area contributed by atoms with E-state index in [9.17, 15) is 4.79 Å². The highest BCUT2D eigenvalue weighted by molar-refractivity contribution is 5.91. The summed E-state index contributed by atoms with van der Waals surface area (Å²) in [5.74, 6) is 6.34. The van der Waals surface area contributed by atoms with Gasteiger partial charge in [-0.05, 0) is 96.9 Å². The maximum atomic E-state index is 12.0. The molecule has 0 saturated heterocycles. The van der Waals surface area contributed by atoms with Crippen molar-refractivity contribution in [1.82, 2.24) is 0 Å². The summed E-state index contributed by atoms with van der Waals surface area (Å²) in [7, 11) is 0. The zero-order chi connectivity index (χ0) is 20.1. The lowest BCUT2D eigenvalue weighted by Gasteiger charge is -2.59. The number of rotatable bonds is 5. The van der Waals surface area contributed by atoms with Crippen molar-refractivity contribution < 1.29 is 4.79 Å². The molecule has 4 aliphatic rings. The number of ketones is 1. The van der Waals surface area contributed by atoms with E-state index in [1.54, 1.807) is 0 Å². The van der Waals surface area contributed by atoms with E-state index in [0.29, 0.717) is 22.5 Å². The fourth-order valence-electron chi connectivity index (χ4n) is 8.66. The van der Waals surface area contributed by atoms with Gasteiger partial charge in [0.05, 0.1) is 0 Å². The molecular formula is C27H44O. The van der Waals surface area contributed by atoms with Gasteiger partial charge in [-0.1, -0.05) is 60.0 Å². The maximum Gasteiger partial charge on any atom is 0.155 e. The number of allylic oxidation sites excluding steroid dienone is 2. The Morgan fingerprint density at radius 3 is 2.54 bits per heavy atom. The highest BCUT2D eigenvalue weighted by Gasteiger charge is 2.59. The van der Waals surface area contributed by atoms with E-state index in [0.717, 1.165) is 41.9 Å². The molecule has 1 nitrogen and oxygen atoms in total. The second-order valence-electron chi connectivity index (χ2n) is 12.1. The van der Waals surface area contributed by atoms with E-state index in [1.165, 1.54) is 57.8 Å². The summed E-state index contributed by atoms with van der Waals surface area (Å²) >= 11 is 0. The van der Waals surface area contributed by atoms with E-state index >= 15 is 0 Å². The van der Waals surface area contributed by atoms with Gasteiger partial charge in [-0.25, -0.2) is 0 Å². The van der Waals surface area contributed by atoms with E-state index < -0.39 is 0 Å². The molecule has 0 aromatic rings. The zero-order valence-electron chi connectivity index (χ0n) is 19.2. The Bertz CT molecular complexity index is 618. The van der Waals surface area contributed by atoms with E-state index in [-0.39, 0.29) is 0 Å². The first-order valence-corrected chi connectivity index (χ1v) is 12.5. The summed E-state index contributed by atoms with van der Waals surface area (Å²) in [6, 6.07) is 0. The molecule has 0 aromatic heterocycles. The van der Waals surface area contributed by atoms with Gasteiger partial charge in [0.2, 0.25) is 0 Å². The first-order valence-electron chi connectivity index (χ1n) is 12.5. The Labute approximate surface area is 174 Å².